The normalized spacial score (nSPS) is 13.2. The highest BCUT2D eigenvalue weighted by Crippen LogP contribution is 2.31. The van der Waals surface area contributed by atoms with Gasteiger partial charge in [-0.3, -0.25) is 9.59 Å². The van der Waals surface area contributed by atoms with Gasteiger partial charge in [0.15, 0.2) is 0 Å². The van der Waals surface area contributed by atoms with Gasteiger partial charge in [0.1, 0.15) is 5.82 Å². The molecule has 3 rings (SSSR count). The standard InChI is InChI=1S/C28H31FN2O5/c1-18(2)27-24(28(36)30-17-19-6-4-3-5-7-19)16-25(20-8-10-21(29)11-9-20)31(27)13-12-22(32)14-23(33)15-26(34)35/h3-13,16,18,22-23,32-33H,14-15,17H2,1-2H3,(H,30,36)(H,34,35)/b13-12+/t22-,23-/m1/s1. The molecular formula is C28H31FN2O5. The minimum atomic E-state index is -1.20. The first-order valence-corrected chi connectivity index (χ1v) is 11.7. The summed E-state index contributed by atoms with van der Waals surface area (Å²) < 4.78 is 15.4. The summed E-state index contributed by atoms with van der Waals surface area (Å²) in [4.78, 5) is 24.0. The van der Waals surface area contributed by atoms with Crippen molar-refractivity contribution in [1.82, 2.24) is 9.88 Å². The number of carboxylic acid groups (broad SMARTS) is 1. The lowest BCUT2D eigenvalue weighted by molar-refractivity contribution is -0.139. The monoisotopic (exact) mass is 494 g/mol. The van der Waals surface area contributed by atoms with E-state index in [1.54, 1.807) is 29.0 Å². The van der Waals surface area contributed by atoms with Gasteiger partial charge in [0, 0.05) is 24.9 Å². The van der Waals surface area contributed by atoms with Crippen molar-refractivity contribution in [2.24, 2.45) is 0 Å². The molecule has 190 valence electrons. The van der Waals surface area contributed by atoms with Crippen molar-refractivity contribution >= 4 is 18.1 Å². The molecule has 3 aromatic rings. The minimum absolute atomic E-state index is 0.0870. The molecule has 1 aromatic heterocycles. The van der Waals surface area contributed by atoms with E-state index in [0.717, 1.165) is 5.56 Å². The van der Waals surface area contributed by atoms with Crippen LogP contribution in [0.3, 0.4) is 0 Å². The third kappa shape index (κ3) is 7.13. The Morgan fingerprint density at radius 1 is 1.06 bits per heavy atom. The molecule has 4 N–H and O–H groups in total. The number of aliphatic hydroxyl groups is 2. The first-order chi connectivity index (χ1) is 17.2. The van der Waals surface area contributed by atoms with Crippen LogP contribution in [0, 0.1) is 5.82 Å². The molecule has 0 aliphatic rings. The second-order valence-corrected chi connectivity index (χ2v) is 8.92. The molecule has 0 saturated heterocycles. The first kappa shape index (κ1) is 26.8. The zero-order chi connectivity index (χ0) is 26.2. The number of carbonyl (C=O) groups is 2. The number of amides is 1. The zero-order valence-electron chi connectivity index (χ0n) is 20.3. The number of nitrogens with zero attached hydrogens (tertiary/aromatic N) is 1. The van der Waals surface area contributed by atoms with E-state index in [2.05, 4.69) is 5.32 Å². The van der Waals surface area contributed by atoms with Crippen molar-refractivity contribution in [2.45, 2.75) is 51.4 Å². The maximum Gasteiger partial charge on any atom is 0.305 e. The summed E-state index contributed by atoms with van der Waals surface area (Å²) in [5, 5.41) is 32.0. The Bertz CT molecular complexity index is 1200. The number of benzene rings is 2. The van der Waals surface area contributed by atoms with Crippen LogP contribution >= 0.6 is 0 Å². The Hall–Kier alpha value is -3.75. The first-order valence-electron chi connectivity index (χ1n) is 11.7. The Balaban J connectivity index is 1.97. The number of aromatic nitrogens is 1. The fourth-order valence-corrected chi connectivity index (χ4v) is 4.02. The average molecular weight is 495 g/mol. The summed E-state index contributed by atoms with van der Waals surface area (Å²) in [6.45, 7) is 4.23. The minimum Gasteiger partial charge on any atom is -0.481 e. The number of aliphatic carboxylic acids is 1. The molecule has 0 saturated carbocycles. The highest BCUT2D eigenvalue weighted by molar-refractivity contribution is 5.97. The molecule has 7 nitrogen and oxygen atoms in total. The predicted octanol–water partition coefficient (Wildman–Crippen LogP) is 4.40. The Kier molecular flexibility index (Phi) is 9.16. The van der Waals surface area contributed by atoms with E-state index in [9.17, 15) is 24.2 Å². The van der Waals surface area contributed by atoms with Gasteiger partial charge in [-0.1, -0.05) is 44.2 Å². The number of nitrogens with one attached hydrogen (secondary N) is 1. The van der Waals surface area contributed by atoms with E-state index in [-0.39, 0.29) is 24.1 Å². The lowest BCUT2D eigenvalue weighted by atomic mass is 10.0. The molecule has 0 radical (unpaired) electrons. The van der Waals surface area contributed by atoms with E-state index in [0.29, 0.717) is 29.1 Å². The van der Waals surface area contributed by atoms with Crippen molar-refractivity contribution in [2.75, 3.05) is 0 Å². The summed E-state index contributed by atoms with van der Waals surface area (Å²) in [5.74, 6) is -1.90. The van der Waals surface area contributed by atoms with Gasteiger partial charge in [-0.2, -0.15) is 0 Å². The van der Waals surface area contributed by atoms with E-state index < -0.39 is 24.6 Å². The Labute approximate surface area is 209 Å². The van der Waals surface area contributed by atoms with Gasteiger partial charge in [-0.05, 0) is 53.5 Å². The quantitative estimate of drug-likeness (QED) is 0.316. The van der Waals surface area contributed by atoms with Crippen LogP contribution < -0.4 is 5.32 Å². The molecule has 0 aliphatic carbocycles. The molecule has 0 fully saturated rings. The van der Waals surface area contributed by atoms with Crippen LogP contribution in [0.15, 0.2) is 66.7 Å². The highest BCUT2D eigenvalue weighted by atomic mass is 19.1. The maximum absolute atomic E-state index is 13.6. The lowest BCUT2D eigenvalue weighted by Gasteiger charge is -2.15. The molecule has 2 atom stereocenters. The van der Waals surface area contributed by atoms with Gasteiger partial charge >= 0.3 is 5.97 Å². The van der Waals surface area contributed by atoms with Crippen LogP contribution in [0.2, 0.25) is 0 Å². The van der Waals surface area contributed by atoms with Crippen molar-refractivity contribution < 1.29 is 29.3 Å². The molecule has 0 bridgehead atoms. The summed E-state index contributed by atoms with van der Waals surface area (Å²) in [5.41, 5.74) is 3.39. The van der Waals surface area contributed by atoms with Crippen LogP contribution in [0.5, 0.6) is 0 Å². The molecular weight excluding hydrogens is 463 g/mol. The fourth-order valence-electron chi connectivity index (χ4n) is 4.02. The molecule has 0 spiro atoms. The summed E-state index contributed by atoms with van der Waals surface area (Å²) in [6, 6.07) is 17.1. The molecule has 0 unspecified atom stereocenters. The van der Waals surface area contributed by atoms with Crippen LogP contribution in [-0.4, -0.2) is 44.0 Å². The Morgan fingerprint density at radius 2 is 1.72 bits per heavy atom. The smallest absolute Gasteiger partial charge is 0.305 e. The van der Waals surface area contributed by atoms with E-state index in [4.69, 9.17) is 5.11 Å². The van der Waals surface area contributed by atoms with Crippen molar-refractivity contribution in [3.05, 3.63) is 89.4 Å². The van der Waals surface area contributed by atoms with Gasteiger partial charge in [-0.25, -0.2) is 4.39 Å². The SMILES string of the molecule is CC(C)c1c(C(=O)NCc2ccccc2)cc(-c2ccc(F)cc2)n1/C=C/[C@@H](O)C[C@@H](O)CC(=O)O. The number of hydrogen-bond donors (Lipinski definition) is 4. The third-order valence-electron chi connectivity index (χ3n) is 5.68. The van der Waals surface area contributed by atoms with Crippen molar-refractivity contribution in [1.29, 1.82) is 0 Å². The largest absolute Gasteiger partial charge is 0.481 e. The van der Waals surface area contributed by atoms with Crippen LogP contribution in [0.4, 0.5) is 4.39 Å². The van der Waals surface area contributed by atoms with Crippen LogP contribution in [-0.2, 0) is 11.3 Å². The number of halogens is 1. The topological polar surface area (TPSA) is 112 Å². The third-order valence-corrected chi connectivity index (χ3v) is 5.68. The number of aliphatic hydroxyl groups excluding tert-OH is 2. The number of rotatable bonds is 11. The average Bonchev–Trinajstić information content (AvgIpc) is 3.21. The number of carboxylic acids is 1. The molecule has 8 heteroatoms. The fraction of sp³-hybridized carbons (Fsp3) is 0.286. The highest BCUT2D eigenvalue weighted by Gasteiger charge is 2.23. The van der Waals surface area contributed by atoms with Gasteiger partial charge in [-0.15, -0.1) is 0 Å². The molecule has 2 aromatic carbocycles. The Morgan fingerprint density at radius 3 is 2.33 bits per heavy atom. The molecule has 1 heterocycles. The van der Waals surface area contributed by atoms with Gasteiger partial charge < -0.3 is 25.2 Å². The van der Waals surface area contributed by atoms with Crippen molar-refractivity contribution in [3.8, 4) is 11.3 Å². The molecule has 0 aliphatic heterocycles. The van der Waals surface area contributed by atoms with E-state index >= 15 is 0 Å². The summed E-state index contributed by atoms with van der Waals surface area (Å²) in [7, 11) is 0. The van der Waals surface area contributed by atoms with Crippen LogP contribution in [0.1, 0.15) is 54.2 Å². The molecule has 36 heavy (non-hydrogen) atoms. The summed E-state index contributed by atoms with van der Waals surface area (Å²) >= 11 is 0. The van der Waals surface area contributed by atoms with Crippen molar-refractivity contribution in [3.63, 3.8) is 0 Å². The number of carbonyl (C=O) groups excluding carboxylic acids is 1. The lowest BCUT2D eigenvalue weighted by Crippen LogP contribution is -2.24. The van der Waals surface area contributed by atoms with Gasteiger partial charge in [0.05, 0.1) is 29.9 Å². The van der Waals surface area contributed by atoms with Crippen LogP contribution in [0.25, 0.3) is 17.5 Å². The van der Waals surface area contributed by atoms with Gasteiger partial charge in [0.25, 0.3) is 5.91 Å². The van der Waals surface area contributed by atoms with E-state index in [1.807, 2.05) is 44.2 Å². The predicted molar refractivity (Wildman–Crippen MR) is 136 cm³/mol. The molecule has 1 amide bonds. The summed E-state index contributed by atoms with van der Waals surface area (Å²) in [6.07, 6.45) is 0.0937. The van der Waals surface area contributed by atoms with E-state index in [1.165, 1.54) is 18.2 Å². The number of hydrogen-bond acceptors (Lipinski definition) is 4. The maximum atomic E-state index is 13.6. The second-order valence-electron chi connectivity index (χ2n) is 8.92. The zero-order valence-corrected chi connectivity index (χ0v) is 20.3. The second kappa shape index (κ2) is 12.3. The van der Waals surface area contributed by atoms with Gasteiger partial charge in [0.2, 0.25) is 0 Å².